The fraction of sp³-hybridized carbons (Fsp3) is 0. The van der Waals surface area contributed by atoms with Crippen molar-refractivity contribution < 1.29 is 0 Å². The van der Waals surface area contributed by atoms with Crippen molar-refractivity contribution in [3.05, 3.63) is 401 Å². The quantitative estimate of drug-likeness (QED) is 0.107. The summed E-state index contributed by atoms with van der Waals surface area (Å²) in [6, 6.07) is 132. The molecule has 10 heterocycles. The number of pyridine rings is 8. The van der Waals surface area contributed by atoms with Gasteiger partial charge in [-0.1, -0.05) is 267 Å². The molecule has 0 aliphatic rings. The highest BCUT2D eigenvalue weighted by molar-refractivity contribution is 6.11. The molecule has 10 aromatic heterocycles. The molecule has 0 spiro atoms. The molecule has 0 saturated carbocycles. The minimum Gasteiger partial charge on any atom is -0.254 e. The molecule has 12 nitrogen and oxygen atoms in total. The topological polar surface area (TPSA) is 155 Å². The Bertz CT molecular complexity index is 7850. The Hall–Kier alpha value is -16.4. The van der Waals surface area contributed by atoms with Gasteiger partial charge in [-0.2, -0.15) is 0 Å². The van der Waals surface area contributed by atoms with Crippen molar-refractivity contribution in [2.75, 3.05) is 0 Å². The first-order chi connectivity index (χ1) is 59.4. The number of aromatic nitrogens is 12. The SMILES string of the molecule is c1ccc(-c2cc(-c3ccc4cc(-c5ccc6nc(-c7ccc(-c8cc9cccnc9c9ncccc89)cc7)ccc6c5)ccc4n3)nc(-c3ccccc3)n2)cc1.c1ccc(-c2cc(-c3ccc4cc(-c5ccc6nc(-c7ccc(-c8ccc9ccc%10cccnc%10c9n8)c8ccccc78)ccc6c5)ccc4n3)nc(-c3ccccc3)n2)cc1. The van der Waals surface area contributed by atoms with Crippen molar-refractivity contribution >= 4 is 98.0 Å². The van der Waals surface area contributed by atoms with Gasteiger partial charge in [0.1, 0.15) is 0 Å². The molecule has 0 aliphatic carbocycles. The maximum absolute atomic E-state index is 5.20. The van der Waals surface area contributed by atoms with E-state index in [2.05, 4.69) is 270 Å². The summed E-state index contributed by atoms with van der Waals surface area (Å²) >= 11 is 0. The predicted molar refractivity (Wildman–Crippen MR) is 489 cm³/mol. The van der Waals surface area contributed by atoms with Crippen LogP contribution >= 0.6 is 0 Å². The molecule has 0 unspecified atom stereocenters. The highest BCUT2D eigenvalue weighted by Crippen LogP contribution is 2.41. The molecule has 0 saturated heterocycles. The van der Waals surface area contributed by atoms with E-state index in [1.54, 1.807) is 0 Å². The third-order valence-electron chi connectivity index (χ3n) is 22.5. The van der Waals surface area contributed by atoms with E-state index in [4.69, 9.17) is 44.9 Å². The van der Waals surface area contributed by atoms with Gasteiger partial charge >= 0.3 is 0 Å². The zero-order valence-corrected chi connectivity index (χ0v) is 64.5. The van der Waals surface area contributed by atoms with Crippen molar-refractivity contribution in [1.29, 1.82) is 0 Å². The fourth-order valence-electron chi connectivity index (χ4n) is 16.4. The van der Waals surface area contributed by atoms with E-state index in [1.165, 1.54) is 0 Å². The molecule has 23 aromatic rings. The lowest BCUT2D eigenvalue weighted by Gasteiger charge is -2.13. The summed E-state index contributed by atoms with van der Waals surface area (Å²) in [6.07, 6.45) is 5.49. The summed E-state index contributed by atoms with van der Waals surface area (Å²) in [5.41, 5.74) is 29.0. The van der Waals surface area contributed by atoms with Gasteiger partial charge in [-0.15, -0.1) is 0 Å². The number of benzene rings is 13. The smallest absolute Gasteiger partial charge is 0.160 e. The molecular formula is C108H66N12. The van der Waals surface area contributed by atoms with Crippen molar-refractivity contribution in [3.8, 4) is 135 Å². The van der Waals surface area contributed by atoms with Gasteiger partial charge in [0.25, 0.3) is 0 Å². The molecule has 0 N–H and O–H groups in total. The first-order valence-electron chi connectivity index (χ1n) is 39.9. The first kappa shape index (κ1) is 70.2. The zero-order valence-electron chi connectivity index (χ0n) is 64.5. The molecular weight excluding hydrogens is 1470 g/mol. The molecule has 0 aliphatic heterocycles. The van der Waals surface area contributed by atoms with Crippen LogP contribution in [0.1, 0.15) is 0 Å². The van der Waals surface area contributed by atoms with Gasteiger partial charge in [0, 0.05) is 101 Å². The van der Waals surface area contributed by atoms with E-state index in [9.17, 15) is 0 Å². The summed E-state index contributed by atoms with van der Waals surface area (Å²) < 4.78 is 0. The molecule has 0 atom stereocenters. The van der Waals surface area contributed by atoms with Gasteiger partial charge in [-0.05, 0) is 159 Å². The predicted octanol–water partition coefficient (Wildman–Crippen LogP) is 26.5. The minimum absolute atomic E-state index is 0.671. The van der Waals surface area contributed by atoms with E-state index < -0.39 is 0 Å². The average Bonchev–Trinajstić information content (AvgIpc) is 0.764. The Labute approximate surface area is 689 Å². The van der Waals surface area contributed by atoms with Gasteiger partial charge in [-0.25, -0.2) is 44.9 Å². The van der Waals surface area contributed by atoms with Crippen LogP contribution in [-0.2, 0) is 0 Å². The second-order valence-electron chi connectivity index (χ2n) is 29.9. The Morgan fingerprint density at radius 3 is 0.967 bits per heavy atom. The van der Waals surface area contributed by atoms with E-state index in [-0.39, 0.29) is 0 Å². The van der Waals surface area contributed by atoms with Gasteiger partial charge in [0.2, 0.25) is 0 Å². The summed E-state index contributed by atoms with van der Waals surface area (Å²) in [6.45, 7) is 0. The fourth-order valence-corrected chi connectivity index (χ4v) is 16.4. The second-order valence-corrected chi connectivity index (χ2v) is 29.9. The van der Waals surface area contributed by atoms with Crippen LogP contribution in [-0.4, -0.2) is 59.8 Å². The van der Waals surface area contributed by atoms with Crippen LogP contribution < -0.4 is 0 Å². The second kappa shape index (κ2) is 30.1. The molecule has 0 radical (unpaired) electrons. The van der Waals surface area contributed by atoms with Crippen LogP contribution in [0.4, 0.5) is 0 Å². The van der Waals surface area contributed by atoms with Crippen molar-refractivity contribution in [2.24, 2.45) is 0 Å². The number of nitrogens with zero attached hydrogens (tertiary/aromatic N) is 12. The molecule has 0 bridgehead atoms. The van der Waals surface area contributed by atoms with Gasteiger partial charge in [-0.3, -0.25) is 15.0 Å². The Kier molecular flexibility index (Phi) is 17.6. The Morgan fingerprint density at radius 1 is 0.142 bits per heavy atom. The molecule has 0 amide bonds. The maximum atomic E-state index is 5.20. The molecule has 0 fully saturated rings. The summed E-state index contributed by atoms with van der Waals surface area (Å²) in [5, 5.41) is 10.9. The van der Waals surface area contributed by atoms with Gasteiger partial charge in [0.05, 0.1) is 95.4 Å². The molecule has 12 heteroatoms. The summed E-state index contributed by atoms with van der Waals surface area (Å²) in [7, 11) is 0. The Morgan fingerprint density at radius 2 is 0.475 bits per heavy atom. The van der Waals surface area contributed by atoms with Crippen LogP contribution in [0, 0.1) is 0 Å². The third kappa shape index (κ3) is 13.4. The van der Waals surface area contributed by atoms with E-state index in [0.717, 1.165) is 222 Å². The van der Waals surface area contributed by atoms with Crippen LogP contribution in [0.25, 0.3) is 233 Å². The molecule has 120 heavy (non-hydrogen) atoms. The number of hydrogen-bond donors (Lipinski definition) is 0. The van der Waals surface area contributed by atoms with Crippen molar-refractivity contribution in [3.63, 3.8) is 0 Å². The molecule has 558 valence electrons. The molecule has 23 rings (SSSR count). The summed E-state index contributed by atoms with van der Waals surface area (Å²) in [5.74, 6) is 1.34. The largest absolute Gasteiger partial charge is 0.254 e. The van der Waals surface area contributed by atoms with Crippen LogP contribution in [0.5, 0.6) is 0 Å². The lowest BCUT2D eigenvalue weighted by Crippen LogP contribution is -1.97. The number of fused-ring (bicyclic) bond motifs is 11. The average molecular weight is 1530 g/mol. The van der Waals surface area contributed by atoms with Crippen molar-refractivity contribution in [1.82, 2.24) is 59.8 Å². The Balaban J connectivity index is 0.000000144. The standard InChI is InChI=1S/C56H34N6.C52H32N6/c1-3-10-35(11-4-1)52-34-53(62-56(61-52)38-12-5-2-6-13-38)51-30-23-42-33-40(21-27-48(42)59-51)39-20-26-47-41(32-39)22-29-49(58-47)45-24-25-46(44-16-8-7-15-43(44)45)50-28-19-37-18-17-36-14-9-31-57-54(36)55(37)60-50;1-3-9-34(10-4-1)48-32-49(58-52(57-48)36-11-5-2-6-12-36)47-26-22-40-30-38(20-24-46(40)56-47)37-19-23-45-39(29-37)21-25-44(55-45)35-17-15-33(16-18-35)43-31-41-13-7-27-53-50(41)51-42(43)14-8-28-54-51/h1-34H;1-32H. The lowest BCUT2D eigenvalue weighted by atomic mass is 9.95. The number of rotatable bonds is 12. The van der Waals surface area contributed by atoms with Crippen molar-refractivity contribution in [2.45, 2.75) is 0 Å². The van der Waals surface area contributed by atoms with Crippen LogP contribution in [0.15, 0.2) is 401 Å². The number of hydrogen-bond acceptors (Lipinski definition) is 12. The highest BCUT2D eigenvalue weighted by atomic mass is 14.9. The van der Waals surface area contributed by atoms with E-state index in [1.807, 2.05) is 146 Å². The van der Waals surface area contributed by atoms with Crippen LogP contribution in [0.2, 0.25) is 0 Å². The van der Waals surface area contributed by atoms with Gasteiger partial charge < -0.3 is 0 Å². The lowest BCUT2D eigenvalue weighted by molar-refractivity contribution is 1.17. The maximum Gasteiger partial charge on any atom is 0.160 e. The van der Waals surface area contributed by atoms with E-state index >= 15 is 0 Å². The van der Waals surface area contributed by atoms with Gasteiger partial charge in [0.15, 0.2) is 11.6 Å². The summed E-state index contributed by atoms with van der Waals surface area (Å²) in [4.78, 5) is 59.4. The first-order valence-corrected chi connectivity index (χ1v) is 39.9. The van der Waals surface area contributed by atoms with E-state index in [0.29, 0.717) is 11.6 Å². The third-order valence-corrected chi connectivity index (χ3v) is 22.5. The normalized spacial score (nSPS) is 11.5. The highest BCUT2D eigenvalue weighted by Gasteiger charge is 2.20. The molecule has 13 aromatic carbocycles. The monoisotopic (exact) mass is 1530 g/mol. The zero-order chi connectivity index (χ0) is 79.4. The minimum atomic E-state index is 0.671. The van der Waals surface area contributed by atoms with Crippen LogP contribution in [0.3, 0.4) is 0 Å².